The van der Waals surface area contributed by atoms with E-state index in [1.165, 1.54) is 0 Å². The maximum Gasteiger partial charge on any atom is 0.322 e. The fourth-order valence-electron chi connectivity index (χ4n) is 1.65. The Balaban J connectivity index is 2.36. The molecule has 0 unspecified atom stereocenters. The first-order chi connectivity index (χ1) is 8.49. The van der Waals surface area contributed by atoms with Crippen LogP contribution in [0.2, 0.25) is 5.02 Å². The Morgan fingerprint density at radius 3 is 2.83 bits per heavy atom. The van der Waals surface area contributed by atoms with Crippen LogP contribution in [0.4, 0.5) is 0 Å². The second-order valence-corrected chi connectivity index (χ2v) is 4.21. The molecule has 0 spiro atoms. The largest absolute Gasteiger partial charge is 0.480 e. The Bertz CT molecular complexity index is 632. The van der Waals surface area contributed by atoms with E-state index in [4.69, 9.17) is 21.1 Å². The van der Waals surface area contributed by atoms with Crippen LogP contribution in [0.3, 0.4) is 0 Å². The lowest BCUT2D eigenvalue weighted by Gasteiger charge is -1.99. The predicted octanol–water partition coefficient (Wildman–Crippen LogP) is 2.21. The normalized spacial score (nSPS) is 10.6. The molecule has 0 bridgehead atoms. The molecule has 0 aliphatic carbocycles. The molecule has 2 aromatic rings. The van der Waals surface area contributed by atoms with Crippen LogP contribution in [-0.2, 0) is 4.79 Å². The van der Waals surface area contributed by atoms with Gasteiger partial charge in [0.1, 0.15) is 12.1 Å². The van der Waals surface area contributed by atoms with Crippen LogP contribution in [-0.4, -0.2) is 23.5 Å². The molecule has 0 atom stereocenters. The number of aryl methyl sites for hydroxylation is 1. The molecule has 0 radical (unpaired) electrons. The summed E-state index contributed by atoms with van der Waals surface area (Å²) < 4.78 is 5.38. The van der Waals surface area contributed by atoms with E-state index >= 15 is 0 Å². The predicted molar refractivity (Wildman–Crippen MR) is 65.9 cm³/mol. The van der Waals surface area contributed by atoms with E-state index in [0.717, 1.165) is 5.39 Å². The van der Waals surface area contributed by atoms with E-state index in [-0.39, 0.29) is 5.76 Å². The third-order valence-electron chi connectivity index (χ3n) is 2.50. The number of amides is 1. The quantitative estimate of drug-likeness (QED) is 0.893. The fraction of sp³-hybridized carbons (Fsp3) is 0.167. The molecular weight excluding hydrogens is 258 g/mol. The van der Waals surface area contributed by atoms with Crippen molar-refractivity contribution in [3.63, 3.8) is 0 Å². The van der Waals surface area contributed by atoms with Crippen molar-refractivity contribution in [1.29, 1.82) is 0 Å². The summed E-state index contributed by atoms with van der Waals surface area (Å²) in [5.74, 6) is -1.56. The van der Waals surface area contributed by atoms with E-state index in [1.54, 1.807) is 25.1 Å². The number of carboxylic acid groups (broad SMARTS) is 1. The topological polar surface area (TPSA) is 79.5 Å². The van der Waals surface area contributed by atoms with Crippen LogP contribution in [0, 0.1) is 6.92 Å². The van der Waals surface area contributed by atoms with Gasteiger partial charge in [-0.1, -0.05) is 11.6 Å². The van der Waals surface area contributed by atoms with Gasteiger partial charge in [0, 0.05) is 16.0 Å². The molecule has 1 aromatic carbocycles. The Morgan fingerprint density at radius 1 is 1.44 bits per heavy atom. The van der Waals surface area contributed by atoms with Crippen LogP contribution >= 0.6 is 11.6 Å². The van der Waals surface area contributed by atoms with Crippen LogP contribution in [0.5, 0.6) is 0 Å². The van der Waals surface area contributed by atoms with Crippen molar-refractivity contribution in [3.05, 3.63) is 34.5 Å². The summed E-state index contributed by atoms with van der Waals surface area (Å²) in [5.41, 5.74) is 1.17. The number of fused-ring (bicyclic) bond motifs is 1. The molecule has 6 heteroatoms. The number of carbonyl (C=O) groups excluding carboxylic acids is 1. The van der Waals surface area contributed by atoms with Gasteiger partial charge in [0.2, 0.25) is 0 Å². The summed E-state index contributed by atoms with van der Waals surface area (Å²) in [6.07, 6.45) is 0. The summed E-state index contributed by atoms with van der Waals surface area (Å²) in [6, 6.07) is 5.02. The van der Waals surface area contributed by atoms with Crippen LogP contribution in [0.15, 0.2) is 22.6 Å². The average Bonchev–Trinajstić information content (AvgIpc) is 2.64. The molecule has 1 heterocycles. The van der Waals surface area contributed by atoms with E-state index in [2.05, 4.69) is 5.32 Å². The zero-order valence-electron chi connectivity index (χ0n) is 9.49. The lowest BCUT2D eigenvalue weighted by molar-refractivity contribution is -0.135. The SMILES string of the molecule is Cc1c(C(=O)NCC(=O)O)oc2ccc(Cl)cc12. The molecule has 0 fully saturated rings. The molecule has 1 aromatic heterocycles. The Labute approximate surface area is 107 Å². The molecule has 0 aliphatic heterocycles. The summed E-state index contributed by atoms with van der Waals surface area (Å²) in [6.45, 7) is 1.27. The van der Waals surface area contributed by atoms with Gasteiger partial charge in [-0.05, 0) is 25.1 Å². The number of nitrogens with one attached hydrogen (secondary N) is 1. The fourth-order valence-corrected chi connectivity index (χ4v) is 1.82. The number of rotatable bonds is 3. The molecule has 0 saturated heterocycles. The van der Waals surface area contributed by atoms with Crippen molar-refractivity contribution < 1.29 is 19.1 Å². The van der Waals surface area contributed by atoms with Gasteiger partial charge in [-0.25, -0.2) is 0 Å². The van der Waals surface area contributed by atoms with E-state index < -0.39 is 18.4 Å². The third kappa shape index (κ3) is 2.31. The number of carboxylic acids is 1. The van der Waals surface area contributed by atoms with Gasteiger partial charge in [-0.3, -0.25) is 9.59 Å². The third-order valence-corrected chi connectivity index (χ3v) is 2.74. The summed E-state index contributed by atoms with van der Waals surface area (Å²) >= 11 is 5.86. The maximum atomic E-state index is 11.7. The highest BCUT2D eigenvalue weighted by Gasteiger charge is 2.18. The number of hydrogen-bond donors (Lipinski definition) is 2. The highest BCUT2D eigenvalue weighted by molar-refractivity contribution is 6.31. The standard InChI is InChI=1S/C12H10ClNO4/c1-6-8-4-7(13)2-3-9(8)18-11(6)12(17)14-5-10(15)16/h2-4H,5H2,1H3,(H,14,17)(H,15,16). The van der Waals surface area contributed by atoms with E-state index in [9.17, 15) is 9.59 Å². The molecule has 0 saturated carbocycles. The van der Waals surface area contributed by atoms with Crippen molar-refractivity contribution in [2.24, 2.45) is 0 Å². The summed E-state index contributed by atoms with van der Waals surface area (Å²) in [7, 11) is 0. The minimum Gasteiger partial charge on any atom is -0.480 e. The van der Waals surface area contributed by atoms with Crippen molar-refractivity contribution in [2.45, 2.75) is 6.92 Å². The molecule has 5 nitrogen and oxygen atoms in total. The van der Waals surface area contributed by atoms with E-state index in [0.29, 0.717) is 16.2 Å². The average molecular weight is 268 g/mol. The van der Waals surface area contributed by atoms with Crippen LogP contribution in [0.1, 0.15) is 16.1 Å². The number of benzene rings is 1. The second kappa shape index (κ2) is 4.70. The highest BCUT2D eigenvalue weighted by Crippen LogP contribution is 2.27. The van der Waals surface area contributed by atoms with Gasteiger partial charge >= 0.3 is 5.97 Å². The van der Waals surface area contributed by atoms with Crippen molar-refractivity contribution in [1.82, 2.24) is 5.32 Å². The van der Waals surface area contributed by atoms with Crippen LogP contribution in [0.25, 0.3) is 11.0 Å². The van der Waals surface area contributed by atoms with Gasteiger partial charge in [0.05, 0.1) is 0 Å². The minimum absolute atomic E-state index is 0.105. The van der Waals surface area contributed by atoms with Crippen molar-refractivity contribution >= 4 is 34.4 Å². The maximum absolute atomic E-state index is 11.7. The molecule has 94 valence electrons. The van der Waals surface area contributed by atoms with Crippen molar-refractivity contribution in [2.75, 3.05) is 6.54 Å². The number of aliphatic carboxylic acids is 1. The number of halogens is 1. The first-order valence-electron chi connectivity index (χ1n) is 5.17. The molecule has 2 N–H and O–H groups in total. The van der Waals surface area contributed by atoms with Crippen molar-refractivity contribution in [3.8, 4) is 0 Å². The monoisotopic (exact) mass is 267 g/mol. The highest BCUT2D eigenvalue weighted by atomic mass is 35.5. The first kappa shape index (κ1) is 12.4. The number of carbonyl (C=O) groups is 2. The molecule has 2 rings (SSSR count). The summed E-state index contributed by atoms with van der Waals surface area (Å²) in [4.78, 5) is 22.1. The Kier molecular flexibility index (Phi) is 3.25. The Morgan fingerprint density at radius 2 is 2.17 bits per heavy atom. The van der Waals surface area contributed by atoms with E-state index in [1.807, 2.05) is 0 Å². The molecule has 18 heavy (non-hydrogen) atoms. The minimum atomic E-state index is -1.11. The number of hydrogen-bond acceptors (Lipinski definition) is 3. The molecule has 0 aliphatic rings. The number of furan rings is 1. The lowest BCUT2D eigenvalue weighted by atomic mass is 10.1. The summed E-state index contributed by atoms with van der Waals surface area (Å²) in [5, 5.41) is 12.0. The van der Waals surface area contributed by atoms with Crippen LogP contribution < -0.4 is 5.32 Å². The first-order valence-corrected chi connectivity index (χ1v) is 5.55. The van der Waals surface area contributed by atoms with Gasteiger partial charge in [-0.15, -0.1) is 0 Å². The van der Waals surface area contributed by atoms with Gasteiger partial charge in [-0.2, -0.15) is 0 Å². The lowest BCUT2D eigenvalue weighted by Crippen LogP contribution is -2.29. The zero-order valence-corrected chi connectivity index (χ0v) is 10.2. The van der Waals surface area contributed by atoms with Gasteiger partial charge in [0.25, 0.3) is 5.91 Å². The van der Waals surface area contributed by atoms with Gasteiger partial charge < -0.3 is 14.8 Å². The Hall–Kier alpha value is -2.01. The second-order valence-electron chi connectivity index (χ2n) is 3.77. The smallest absolute Gasteiger partial charge is 0.322 e. The molecule has 1 amide bonds. The zero-order chi connectivity index (χ0) is 13.3. The molecular formula is C12H10ClNO4. The van der Waals surface area contributed by atoms with Gasteiger partial charge in [0.15, 0.2) is 5.76 Å².